The van der Waals surface area contributed by atoms with Crippen molar-refractivity contribution in [2.24, 2.45) is 11.8 Å². The molecule has 1 amide bonds. The number of amides is 1. The molecule has 2 aromatic rings. The van der Waals surface area contributed by atoms with E-state index in [1.165, 1.54) is 18.2 Å². The Bertz CT molecular complexity index is 1120. The lowest BCUT2D eigenvalue weighted by molar-refractivity contribution is 0.0981. The summed E-state index contributed by atoms with van der Waals surface area (Å²) in [7, 11) is -4.16. The first-order chi connectivity index (χ1) is 14.6. The normalized spacial score (nSPS) is 24.9. The fraction of sp³-hybridized carbons (Fsp3) is 0.476. The van der Waals surface area contributed by atoms with Gasteiger partial charge in [0.15, 0.2) is 5.03 Å². The molecule has 0 aliphatic carbocycles. The van der Waals surface area contributed by atoms with Gasteiger partial charge in [-0.05, 0) is 62.8 Å². The van der Waals surface area contributed by atoms with E-state index in [9.17, 15) is 13.2 Å². The smallest absolute Gasteiger partial charge is 0.281 e. The predicted molar refractivity (Wildman–Crippen MR) is 120 cm³/mol. The molecule has 1 saturated heterocycles. The number of fused-ring (bicyclic) bond motifs is 6. The molecule has 4 bridgehead atoms. The molecule has 0 aromatic carbocycles. The highest BCUT2D eigenvalue weighted by Gasteiger charge is 2.42. The molecule has 0 saturated carbocycles. The van der Waals surface area contributed by atoms with Crippen LogP contribution in [0.15, 0.2) is 35.4 Å². The van der Waals surface area contributed by atoms with Gasteiger partial charge in [0.1, 0.15) is 16.8 Å². The molecular formula is C21H26ClN5O3S. The molecule has 10 heteroatoms. The van der Waals surface area contributed by atoms with Crippen molar-refractivity contribution in [1.82, 2.24) is 14.7 Å². The molecule has 4 heterocycles. The minimum atomic E-state index is -4.16. The molecule has 0 unspecified atom stereocenters. The number of hydrogen-bond acceptors (Lipinski definition) is 7. The van der Waals surface area contributed by atoms with Crippen LogP contribution in [0, 0.1) is 11.8 Å². The van der Waals surface area contributed by atoms with Gasteiger partial charge in [0, 0.05) is 18.6 Å². The number of aromatic nitrogens is 2. The average molecular weight is 464 g/mol. The molecule has 31 heavy (non-hydrogen) atoms. The van der Waals surface area contributed by atoms with E-state index in [1.54, 1.807) is 12.1 Å². The van der Waals surface area contributed by atoms with Crippen LogP contribution < -0.4 is 14.9 Å². The molecule has 0 radical (unpaired) electrons. The summed E-state index contributed by atoms with van der Waals surface area (Å²) in [5.74, 6) is 0.891. The SMILES string of the molecule is C[C@H]1CCNc2cccc(n2)S(=O)(=O)NC(=O)c2ccc(Cl)nc2N2C[C@@H]1CC2(C)C. The van der Waals surface area contributed by atoms with E-state index >= 15 is 0 Å². The van der Waals surface area contributed by atoms with Gasteiger partial charge in [0.05, 0.1) is 5.56 Å². The molecule has 2 N–H and O–H groups in total. The summed E-state index contributed by atoms with van der Waals surface area (Å²) < 4.78 is 27.8. The minimum Gasteiger partial charge on any atom is -0.370 e. The summed E-state index contributed by atoms with van der Waals surface area (Å²) in [6.07, 6.45) is 1.83. The number of hydrogen-bond donors (Lipinski definition) is 2. The number of rotatable bonds is 0. The monoisotopic (exact) mass is 463 g/mol. The van der Waals surface area contributed by atoms with Crippen molar-refractivity contribution in [2.75, 3.05) is 23.3 Å². The Morgan fingerprint density at radius 2 is 1.97 bits per heavy atom. The molecule has 4 rings (SSSR count). The summed E-state index contributed by atoms with van der Waals surface area (Å²) in [6.45, 7) is 7.81. The number of halogens is 1. The maximum Gasteiger partial charge on any atom is 0.281 e. The largest absolute Gasteiger partial charge is 0.370 e. The van der Waals surface area contributed by atoms with Crippen LogP contribution in [0.25, 0.3) is 0 Å². The van der Waals surface area contributed by atoms with Gasteiger partial charge in [-0.15, -0.1) is 0 Å². The topological polar surface area (TPSA) is 104 Å². The van der Waals surface area contributed by atoms with Crippen LogP contribution in [0.4, 0.5) is 11.6 Å². The van der Waals surface area contributed by atoms with Gasteiger partial charge >= 0.3 is 0 Å². The zero-order valence-electron chi connectivity index (χ0n) is 17.7. The van der Waals surface area contributed by atoms with Gasteiger partial charge in [-0.25, -0.2) is 14.7 Å². The highest BCUT2D eigenvalue weighted by Crippen LogP contribution is 2.41. The van der Waals surface area contributed by atoms with Crippen LogP contribution in [0.5, 0.6) is 0 Å². The van der Waals surface area contributed by atoms with Crippen molar-refractivity contribution < 1.29 is 13.2 Å². The molecule has 2 aromatic heterocycles. The number of nitrogens with zero attached hydrogens (tertiary/aromatic N) is 3. The van der Waals surface area contributed by atoms with E-state index in [4.69, 9.17) is 11.6 Å². The summed E-state index contributed by atoms with van der Waals surface area (Å²) in [5.41, 5.74) is -0.0977. The summed E-state index contributed by atoms with van der Waals surface area (Å²) in [6, 6.07) is 7.68. The van der Waals surface area contributed by atoms with Crippen LogP contribution in [0.2, 0.25) is 5.15 Å². The second-order valence-corrected chi connectivity index (χ2v) is 10.9. The van der Waals surface area contributed by atoms with Crippen molar-refractivity contribution in [2.45, 2.75) is 44.2 Å². The molecule has 2 aliphatic rings. The van der Waals surface area contributed by atoms with E-state index in [0.717, 1.165) is 12.8 Å². The van der Waals surface area contributed by atoms with Gasteiger partial charge in [0.25, 0.3) is 15.9 Å². The van der Waals surface area contributed by atoms with E-state index < -0.39 is 15.9 Å². The molecular weight excluding hydrogens is 438 g/mol. The Balaban J connectivity index is 1.82. The maximum atomic E-state index is 13.1. The Labute approximate surface area is 187 Å². The van der Waals surface area contributed by atoms with Crippen LogP contribution in [0.3, 0.4) is 0 Å². The number of pyridine rings is 2. The molecule has 8 nitrogen and oxygen atoms in total. The van der Waals surface area contributed by atoms with Crippen molar-refractivity contribution >= 4 is 39.2 Å². The van der Waals surface area contributed by atoms with Crippen molar-refractivity contribution in [3.63, 3.8) is 0 Å². The van der Waals surface area contributed by atoms with Crippen LogP contribution in [-0.4, -0.2) is 42.9 Å². The second kappa shape index (κ2) is 7.94. The van der Waals surface area contributed by atoms with Gasteiger partial charge in [-0.1, -0.05) is 24.6 Å². The number of anilines is 2. The van der Waals surface area contributed by atoms with Crippen molar-refractivity contribution in [1.29, 1.82) is 0 Å². The third kappa shape index (κ3) is 4.34. The van der Waals surface area contributed by atoms with Gasteiger partial charge in [0.2, 0.25) is 0 Å². The number of sulfonamides is 1. The van der Waals surface area contributed by atoms with Gasteiger partial charge < -0.3 is 10.2 Å². The van der Waals surface area contributed by atoms with Crippen LogP contribution in [0.1, 0.15) is 44.0 Å². The predicted octanol–water partition coefficient (Wildman–Crippen LogP) is 3.31. The number of nitrogens with one attached hydrogen (secondary N) is 2. The highest BCUT2D eigenvalue weighted by molar-refractivity contribution is 7.90. The van der Waals surface area contributed by atoms with Crippen LogP contribution in [-0.2, 0) is 10.0 Å². The van der Waals surface area contributed by atoms with Gasteiger partial charge in [-0.2, -0.15) is 8.42 Å². The Hall–Kier alpha value is -2.39. The second-order valence-electron chi connectivity index (χ2n) is 8.88. The van der Waals surface area contributed by atoms with Crippen molar-refractivity contribution in [3.8, 4) is 0 Å². The standard InChI is InChI=1S/C21H26ClN5O3S/c1-13-9-10-23-17-5-4-6-18(25-17)31(29,30)26-20(28)15-7-8-16(22)24-19(15)27-12-14(13)11-21(27,2)3/h4-8,13-14H,9-12H2,1-3H3,(H,23,25)(H,26,28)/t13-,14-/m0/s1. The zero-order valence-corrected chi connectivity index (χ0v) is 19.3. The molecule has 1 fully saturated rings. The minimum absolute atomic E-state index is 0.165. The number of carbonyl (C=O) groups is 1. The average Bonchev–Trinajstić information content (AvgIpc) is 3.02. The fourth-order valence-electron chi connectivity index (χ4n) is 4.42. The molecule has 0 spiro atoms. The molecule has 2 aliphatic heterocycles. The van der Waals surface area contributed by atoms with Crippen LogP contribution >= 0.6 is 11.6 Å². The molecule has 166 valence electrons. The first-order valence-corrected chi connectivity index (χ1v) is 12.2. The third-order valence-electron chi connectivity index (χ3n) is 6.19. The van der Waals surface area contributed by atoms with Crippen molar-refractivity contribution in [3.05, 3.63) is 41.0 Å². The first kappa shape index (κ1) is 21.8. The maximum absolute atomic E-state index is 13.1. The molecule has 2 atom stereocenters. The quantitative estimate of drug-likeness (QED) is 0.577. The zero-order chi connectivity index (χ0) is 22.4. The Morgan fingerprint density at radius 3 is 2.74 bits per heavy atom. The Morgan fingerprint density at radius 1 is 1.19 bits per heavy atom. The third-order valence-corrected chi connectivity index (χ3v) is 7.63. The van der Waals surface area contributed by atoms with E-state index in [1.807, 2.05) is 0 Å². The summed E-state index contributed by atoms with van der Waals surface area (Å²) in [4.78, 5) is 23.8. The van der Waals surface area contributed by atoms with E-state index in [-0.39, 0.29) is 21.3 Å². The summed E-state index contributed by atoms with van der Waals surface area (Å²) in [5, 5.41) is 3.23. The lowest BCUT2D eigenvalue weighted by Gasteiger charge is -2.33. The highest BCUT2D eigenvalue weighted by atomic mass is 35.5. The Kier molecular flexibility index (Phi) is 5.59. The first-order valence-electron chi connectivity index (χ1n) is 10.3. The van der Waals surface area contributed by atoms with Gasteiger partial charge in [-0.3, -0.25) is 4.79 Å². The summed E-state index contributed by atoms with van der Waals surface area (Å²) >= 11 is 6.17. The number of carbonyl (C=O) groups excluding carboxylic acids is 1. The lowest BCUT2D eigenvalue weighted by atomic mass is 9.86. The fourth-order valence-corrected chi connectivity index (χ4v) is 5.49. The van der Waals surface area contributed by atoms with E-state index in [0.29, 0.717) is 36.6 Å². The lowest BCUT2D eigenvalue weighted by Crippen LogP contribution is -2.41. The van der Waals surface area contributed by atoms with E-state index in [2.05, 4.69) is 45.7 Å².